The fraction of sp³-hybridized carbons (Fsp3) is 0.381. The molecule has 2 aromatic carbocycles. The number of carboxylic acid groups (broad SMARTS) is 1. The number of aromatic nitrogens is 1. The van der Waals surface area contributed by atoms with Gasteiger partial charge in [0.15, 0.2) is 0 Å². The van der Waals surface area contributed by atoms with E-state index < -0.39 is 5.97 Å². The highest BCUT2D eigenvalue weighted by Gasteiger charge is 2.17. The molecule has 0 bridgehead atoms. The van der Waals surface area contributed by atoms with E-state index in [0.717, 1.165) is 46.9 Å². The fourth-order valence-corrected chi connectivity index (χ4v) is 4.01. The minimum Gasteiger partial charge on any atom is -0.490 e. The lowest BCUT2D eigenvalue weighted by molar-refractivity contribution is 0.0697. The largest absolute Gasteiger partial charge is 0.490 e. The Kier molecular flexibility index (Phi) is 4.12. The number of aryl methyl sites for hydroxylation is 1. The Bertz CT molecular complexity index is 935. The maximum Gasteiger partial charge on any atom is 0.335 e. The molecule has 1 heterocycles. The van der Waals surface area contributed by atoms with Gasteiger partial charge in [-0.05, 0) is 69.0 Å². The maximum absolute atomic E-state index is 11.4. The third-order valence-electron chi connectivity index (χ3n) is 5.25. The Balaban J connectivity index is 1.82. The zero-order valence-corrected chi connectivity index (χ0v) is 14.5. The summed E-state index contributed by atoms with van der Waals surface area (Å²) in [7, 11) is 0. The van der Waals surface area contributed by atoms with Gasteiger partial charge < -0.3 is 14.4 Å². The van der Waals surface area contributed by atoms with Crippen molar-refractivity contribution in [3.8, 4) is 5.75 Å². The summed E-state index contributed by atoms with van der Waals surface area (Å²) in [6, 6.07) is 11.6. The molecule has 1 aromatic heterocycles. The van der Waals surface area contributed by atoms with Crippen LogP contribution in [0.25, 0.3) is 21.8 Å². The summed E-state index contributed by atoms with van der Waals surface area (Å²) in [5.74, 6) is -0.0100. The van der Waals surface area contributed by atoms with Crippen LogP contribution in [0.3, 0.4) is 0 Å². The quantitative estimate of drug-likeness (QED) is 0.710. The number of rotatable bonds is 4. The first-order valence-electron chi connectivity index (χ1n) is 9.13. The van der Waals surface area contributed by atoms with Crippen molar-refractivity contribution in [3.63, 3.8) is 0 Å². The maximum atomic E-state index is 11.4. The van der Waals surface area contributed by atoms with Gasteiger partial charge in [0.1, 0.15) is 5.75 Å². The van der Waals surface area contributed by atoms with Crippen LogP contribution in [0.5, 0.6) is 5.75 Å². The molecule has 1 N–H and O–H groups in total. The fourth-order valence-electron chi connectivity index (χ4n) is 4.01. The van der Waals surface area contributed by atoms with Crippen molar-refractivity contribution in [2.24, 2.45) is 0 Å². The number of carboxylic acids is 1. The van der Waals surface area contributed by atoms with Crippen LogP contribution in [0.4, 0.5) is 0 Å². The summed E-state index contributed by atoms with van der Waals surface area (Å²) in [5, 5.41) is 11.4. The highest BCUT2D eigenvalue weighted by Crippen LogP contribution is 2.33. The van der Waals surface area contributed by atoms with Gasteiger partial charge in [-0.3, -0.25) is 0 Å². The number of nitrogens with zero attached hydrogens (tertiary/aromatic N) is 1. The van der Waals surface area contributed by atoms with Crippen molar-refractivity contribution in [2.75, 3.05) is 0 Å². The lowest BCUT2D eigenvalue weighted by Gasteiger charge is -2.23. The second kappa shape index (κ2) is 6.43. The standard InChI is InChI=1S/C21H23NO3/c1-2-22-19-10-8-14(21(23)24)12-17(19)18-13-16(9-11-20(18)22)25-15-6-4-3-5-7-15/h8-13,15H,2-7H2,1H3,(H,23,24). The van der Waals surface area contributed by atoms with Gasteiger partial charge in [0.05, 0.1) is 11.7 Å². The van der Waals surface area contributed by atoms with Gasteiger partial charge in [0, 0.05) is 28.4 Å². The number of aromatic carboxylic acids is 1. The first kappa shape index (κ1) is 16.0. The number of carbonyl (C=O) groups is 1. The Hall–Kier alpha value is -2.49. The summed E-state index contributed by atoms with van der Waals surface area (Å²) in [5.41, 5.74) is 2.51. The Morgan fingerprint density at radius 3 is 2.44 bits per heavy atom. The predicted octanol–water partition coefficient (Wildman–Crippen LogP) is 5.22. The van der Waals surface area contributed by atoms with Gasteiger partial charge in [-0.2, -0.15) is 0 Å². The van der Waals surface area contributed by atoms with E-state index in [1.807, 2.05) is 12.1 Å². The van der Waals surface area contributed by atoms with E-state index in [4.69, 9.17) is 4.74 Å². The molecule has 0 saturated heterocycles. The van der Waals surface area contributed by atoms with Gasteiger partial charge >= 0.3 is 5.97 Å². The number of benzene rings is 2. The number of fused-ring (bicyclic) bond motifs is 3. The number of ether oxygens (including phenoxy) is 1. The number of hydrogen-bond acceptors (Lipinski definition) is 2. The van der Waals surface area contributed by atoms with Crippen molar-refractivity contribution in [1.29, 1.82) is 0 Å². The Labute approximate surface area is 147 Å². The van der Waals surface area contributed by atoms with Crippen molar-refractivity contribution in [1.82, 2.24) is 4.57 Å². The topological polar surface area (TPSA) is 51.5 Å². The summed E-state index contributed by atoms with van der Waals surface area (Å²) in [6.07, 6.45) is 6.34. The predicted molar refractivity (Wildman–Crippen MR) is 99.6 cm³/mol. The summed E-state index contributed by atoms with van der Waals surface area (Å²) >= 11 is 0. The highest BCUT2D eigenvalue weighted by molar-refractivity contribution is 6.10. The van der Waals surface area contributed by atoms with Crippen LogP contribution >= 0.6 is 0 Å². The molecule has 1 saturated carbocycles. The molecule has 4 rings (SSSR count). The highest BCUT2D eigenvalue weighted by atomic mass is 16.5. The Morgan fingerprint density at radius 2 is 1.76 bits per heavy atom. The zero-order chi connectivity index (χ0) is 17.4. The van der Waals surface area contributed by atoms with Crippen LogP contribution in [-0.4, -0.2) is 21.7 Å². The van der Waals surface area contributed by atoms with E-state index in [-0.39, 0.29) is 0 Å². The van der Waals surface area contributed by atoms with Crippen molar-refractivity contribution in [3.05, 3.63) is 42.0 Å². The lowest BCUT2D eigenvalue weighted by atomic mass is 9.98. The van der Waals surface area contributed by atoms with Crippen molar-refractivity contribution in [2.45, 2.75) is 51.7 Å². The van der Waals surface area contributed by atoms with Crippen LogP contribution < -0.4 is 4.74 Å². The molecule has 1 aliphatic rings. The van der Waals surface area contributed by atoms with Crippen LogP contribution in [0, 0.1) is 0 Å². The van der Waals surface area contributed by atoms with E-state index in [9.17, 15) is 9.90 Å². The molecule has 0 unspecified atom stereocenters. The molecule has 4 heteroatoms. The van der Waals surface area contributed by atoms with Crippen LogP contribution in [0.1, 0.15) is 49.4 Å². The summed E-state index contributed by atoms with van der Waals surface area (Å²) < 4.78 is 8.43. The van der Waals surface area contributed by atoms with Gasteiger partial charge in [0.2, 0.25) is 0 Å². The second-order valence-electron chi connectivity index (χ2n) is 6.84. The summed E-state index contributed by atoms with van der Waals surface area (Å²) in [6.45, 7) is 2.95. The average Bonchev–Trinajstić information content (AvgIpc) is 2.95. The van der Waals surface area contributed by atoms with Crippen molar-refractivity contribution < 1.29 is 14.6 Å². The SMILES string of the molecule is CCn1c2ccc(OC3CCCCC3)cc2c2cc(C(=O)O)ccc21. The minimum absolute atomic E-state index is 0.306. The third-order valence-corrected chi connectivity index (χ3v) is 5.25. The molecular weight excluding hydrogens is 314 g/mol. The molecule has 130 valence electrons. The first-order valence-corrected chi connectivity index (χ1v) is 9.13. The molecule has 25 heavy (non-hydrogen) atoms. The Morgan fingerprint density at radius 1 is 1.08 bits per heavy atom. The molecule has 1 aliphatic carbocycles. The molecule has 4 nitrogen and oxygen atoms in total. The van der Waals surface area contributed by atoms with E-state index in [2.05, 4.69) is 23.6 Å². The molecule has 0 radical (unpaired) electrons. The normalized spacial score (nSPS) is 15.7. The molecule has 0 aliphatic heterocycles. The van der Waals surface area contributed by atoms with Crippen molar-refractivity contribution >= 4 is 27.8 Å². The van der Waals surface area contributed by atoms with Gasteiger partial charge in [0.25, 0.3) is 0 Å². The van der Waals surface area contributed by atoms with E-state index in [1.165, 1.54) is 19.3 Å². The van der Waals surface area contributed by atoms with Crippen LogP contribution in [0.15, 0.2) is 36.4 Å². The zero-order valence-electron chi connectivity index (χ0n) is 14.5. The second-order valence-corrected chi connectivity index (χ2v) is 6.84. The first-order chi connectivity index (χ1) is 12.2. The summed E-state index contributed by atoms with van der Waals surface area (Å²) in [4.78, 5) is 11.4. The number of hydrogen-bond donors (Lipinski definition) is 1. The van der Waals surface area contributed by atoms with Gasteiger partial charge in [-0.15, -0.1) is 0 Å². The van der Waals surface area contributed by atoms with Crippen LogP contribution in [-0.2, 0) is 6.54 Å². The average molecular weight is 337 g/mol. The van der Waals surface area contributed by atoms with E-state index >= 15 is 0 Å². The molecule has 3 aromatic rings. The molecule has 0 spiro atoms. The monoisotopic (exact) mass is 337 g/mol. The molecular formula is C21H23NO3. The minimum atomic E-state index is -0.895. The van der Waals surface area contributed by atoms with E-state index in [0.29, 0.717) is 11.7 Å². The molecule has 0 atom stereocenters. The molecule has 0 amide bonds. The van der Waals surface area contributed by atoms with Crippen LogP contribution in [0.2, 0.25) is 0 Å². The lowest BCUT2D eigenvalue weighted by Crippen LogP contribution is -2.19. The van der Waals surface area contributed by atoms with Gasteiger partial charge in [-0.1, -0.05) is 6.42 Å². The van der Waals surface area contributed by atoms with Gasteiger partial charge in [-0.25, -0.2) is 4.79 Å². The third kappa shape index (κ3) is 2.86. The molecule has 1 fully saturated rings. The van der Waals surface area contributed by atoms with E-state index in [1.54, 1.807) is 12.1 Å². The smallest absolute Gasteiger partial charge is 0.335 e.